The maximum Gasteiger partial charge on any atom is 0.147 e. The molecule has 0 aliphatic heterocycles. The van der Waals surface area contributed by atoms with Crippen molar-refractivity contribution >= 4 is 23.2 Å². The van der Waals surface area contributed by atoms with Gasteiger partial charge in [-0.3, -0.25) is 0 Å². The van der Waals surface area contributed by atoms with Crippen LogP contribution in [0.15, 0.2) is 12.1 Å². The van der Waals surface area contributed by atoms with E-state index in [4.69, 9.17) is 28.9 Å². The fourth-order valence-corrected chi connectivity index (χ4v) is 1.05. The third kappa shape index (κ3) is 1.64. The molecular formula is C7H6Cl2FN. The van der Waals surface area contributed by atoms with E-state index in [1.807, 2.05) is 0 Å². The minimum absolute atomic E-state index is 0.0605. The molecule has 0 saturated heterocycles. The van der Waals surface area contributed by atoms with Gasteiger partial charge in [-0.25, -0.2) is 4.39 Å². The molecule has 0 fully saturated rings. The van der Waals surface area contributed by atoms with Crippen molar-refractivity contribution in [2.75, 3.05) is 0 Å². The van der Waals surface area contributed by atoms with Crippen LogP contribution in [-0.2, 0) is 6.54 Å². The van der Waals surface area contributed by atoms with Crippen LogP contribution in [0.4, 0.5) is 4.39 Å². The van der Waals surface area contributed by atoms with Crippen LogP contribution in [0.25, 0.3) is 0 Å². The average molecular weight is 194 g/mol. The summed E-state index contributed by atoms with van der Waals surface area (Å²) in [5.41, 5.74) is 5.60. The lowest BCUT2D eigenvalue weighted by molar-refractivity contribution is 0.611. The highest BCUT2D eigenvalue weighted by molar-refractivity contribution is 6.42. The molecule has 0 radical (unpaired) electrons. The van der Waals surface area contributed by atoms with E-state index in [0.29, 0.717) is 5.56 Å². The largest absolute Gasteiger partial charge is 0.326 e. The first-order valence-electron chi connectivity index (χ1n) is 2.99. The molecule has 0 saturated carbocycles. The van der Waals surface area contributed by atoms with Crippen LogP contribution < -0.4 is 5.73 Å². The first kappa shape index (κ1) is 8.78. The van der Waals surface area contributed by atoms with Gasteiger partial charge in [0, 0.05) is 12.1 Å². The van der Waals surface area contributed by atoms with Crippen molar-refractivity contribution in [3.8, 4) is 0 Å². The summed E-state index contributed by atoms with van der Waals surface area (Å²) in [5.74, 6) is -0.526. The zero-order valence-electron chi connectivity index (χ0n) is 5.57. The Morgan fingerprint density at radius 1 is 1.36 bits per heavy atom. The van der Waals surface area contributed by atoms with Gasteiger partial charge in [0.15, 0.2) is 0 Å². The Hall–Kier alpha value is -0.310. The summed E-state index contributed by atoms with van der Waals surface area (Å²) in [5, 5.41) is 0.149. The monoisotopic (exact) mass is 193 g/mol. The van der Waals surface area contributed by atoms with Gasteiger partial charge in [-0.15, -0.1) is 0 Å². The van der Waals surface area contributed by atoms with Gasteiger partial charge in [0.25, 0.3) is 0 Å². The maximum atomic E-state index is 13.0. The highest BCUT2D eigenvalue weighted by Gasteiger charge is 2.08. The van der Waals surface area contributed by atoms with Crippen LogP contribution in [0.5, 0.6) is 0 Å². The molecule has 60 valence electrons. The molecular weight excluding hydrogens is 188 g/mol. The fourth-order valence-electron chi connectivity index (χ4n) is 0.724. The Morgan fingerprint density at radius 3 is 2.55 bits per heavy atom. The Balaban J connectivity index is 3.25. The molecule has 0 bridgehead atoms. The van der Waals surface area contributed by atoms with E-state index in [1.54, 1.807) is 0 Å². The van der Waals surface area contributed by atoms with Crippen LogP contribution >= 0.6 is 23.2 Å². The second-order valence-corrected chi connectivity index (χ2v) is 2.82. The van der Waals surface area contributed by atoms with Crippen molar-refractivity contribution in [3.05, 3.63) is 33.6 Å². The van der Waals surface area contributed by atoms with Crippen molar-refractivity contribution in [2.24, 2.45) is 5.73 Å². The Labute approximate surface area is 73.9 Å². The van der Waals surface area contributed by atoms with Crippen LogP contribution in [0.3, 0.4) is 0 Å². The molecule has 4 heteroatoms. The number of rotatable bonds is 1. The van der Waals surface area contributed by atoms with E-state index < -0.39 is 5.82 Å². The van der Waals surface area contributed by atoms with E-state index in [9.17, 15) is 4.39 Å². The van der Waals surface area contributed by atoms with E-state index in [1.165, 1.54) is 12.1 Å². The van der Waals surface area contributed by atoms with Gasteiger partial charge in [-0.2, -0.15) is 0 Å². The van der Waals surface area contributed by atoms with Gasteiger partial charge in [-0.1, -0.05) is 29.3 Å². The Bertz CT molecular complexity index is 275. The Kier molecular flexibility index (Phi) is 2.71. The third-order valence-corrected chi connectivity index (χ3v) is 2.12. The van der Waals surface area contributed by atoms with Gasteiger partial charge in [-0.05, 0) is 6.07 Å². The molecule has 2 N–H and O–H groups in total. The lowest BCUT2D eigenvalue weighted by Crippen LogP contribution is -1.99. The van der Waals surface area contributed by atoms with E-state index >= 15 is 0 Å². The second-order valence-electron chi connectivity index (χ2n) is 2.04. The smallest absolute Gasteiger partial charge is 0.147 e. The lowest BCUT2D eigenvalue weighted by Gasteiger charge is -2.01. The lowest BCUT2D eigenvalue weighted by atomic mass is 10.2. The number of nitrogens with two attached hydrogens (primary N) is 1. The van der Waals surface area contributed by atoms with Crippen LogP contribution in [0.1, 0.15) is 5.56 Å². The topological polar surface area (TPSA) is 26.0 Å². The fraction of sp³-hybridized carbons (Fsp3) is 0.143. The standard InChI is InChI=1S/C7H6Cl2FN/c8-5-2-1-4(3-11)7(10)6(5)9/h1-2H,3,11H2. The van der Waals surface area contributed by atoms with E-state index in [0.717, 1.165) is 0 Å². The first-order chi connectivity index (χ1) is 5.16. The maximum absolute atomic E-state index is 13.0. The average Bonchev–Trinajstić information content (AvgIpc) is 2.01. The van der Waals surface area contributed by atoms with Gasteiger partial charge >= 0.3 is 0 Å². The summed E-state index contributed by atoms with van der Waals surface area (Å²) in [7, 11) is 0. The van der Waals surface area contributed by atoms with Gasteiger partial charge < -0.3 is 5.73 Å². The second kappa shape index (κ2) is 3.39. The van der Waals surface area contributed by atoms with E-state index in [2.05, 4.69) is 0 Å². The molecule has 0 atom stereocenters. The summed E-state index contributed by atoms with van der Waals surface area (Å²) in [4.78, 5) is 0. The molecule has 0 spiro atoms. The molecule has 0 unspecified atom stereocenters. The van der Waals surface area contributed by atoms with Gasteiger partial charge in [0.05, 0.1) is 10.0 Å². The number of hydrogen-bond donors (Lipinski definition) is 1. The number of halogens is 3. The predicted octanol–water partition coefficient (Wildman–Crippen LogP) is 2.59. The number of benzene rings is 1. The van der Waals surface area contributed by atoms with Crippen molar-refractivity contribution in [2.45, 2.75) is 6.54 Å². The molecule has 0 amide bonds. The molecule has 1 nitrogen and oxygen atoms in total. The van der Waals surface area contributed by atoms with Crippen molar-refractivity contribution < 1.29 is 4.39 Å². The van der Waals surface area contributed by atoms with Crippen LogP contribution in [-0.4, -0.2) is 0 Å². The summed E-state index contributed by atoms with van der Waals surface area (Å²) in [6.45, 7) is 0.128. The molecule has 1 aromatic rings. The zero-order chi connectivity index (χ0) is 8.43. The summed E-state index contributed by atoms with van der Waals surface area (Å²) < 4.78 is 13.0. The molecule has 0 aliphatic rings. The molecule has 1 aromatic carbocycles. The van der Waals surface area contributed by atoms with Gasteiger partial charge in [0.1, 0.15) is 5.82 Å². The summed E-state index contributed by atoms with van der Waals surface area (Å²) in [6, 6.07) is 3.04. The normalized spacial score (nSPS) is 10.2. The summed E-state index contributed by atoms with van der Waals surface area (Å²) in [6.07, 6.45) is 0. The Morgan fingerprint density at radius 2 is 2.00 bits per heavy atom. The molecule has 0 aliphatic carbocycles. The molecule has 0 aromatic heterocycles. The number of hydrogen-bond acceptors (Lipinski definition) is 1. The van der Waals surface area contributed by atoms with Gasteiger partial charge in [0.2, 0.25) is 0 Å². The predicted molar refractivity (Wildman–Crippen MR) is 44.3 cm³/mol. The SMILES string of the molecule is NCc1ccc(Cl)c(Cl)c1F. The highest BCUT2D eigenvalue weighted by Crippen LogP contribution is 2.26. The van der Waals surface area contributed by atoms with E-state index in [-0.39, 0.29) is 16.6 Å². The quantitative estimate of drug-likeness (QED) is 0.683. The molecule has 0 heterocycles. The third-order valence-electron chi connectivity index (χ3n) is 1.34. The highest BCUT2D eigenvalue weighted by atomic mass is 35.5. The van der Waals surface area contributed by atoms with Crippen molar-refractivity contribution in [1.82, 2.24) is 0 Å². The minimum Gasteiger partial charge on any atom is -0.326 e. The minimum atomic E-state index is -0.526. The van der Waals surface area contributed by atoms with Crippen molar-refractivity contribution in [3.63, 3.8) is 0 Å². The first-order valence-corrected chi connectivity index (χ1v) is 3.75. The zero-order valence-corrected chi connectivity index (χ0v) is 7.08. The molecule has 11 heavy (non-hydrogen) atoms. The van der Waals surface area contributed by atoms with Crippen LogP contribution in [0.2, 0.25) is 10.0 Å². The van der Waals surface area contributed by atoms with Crippen molar-refractivity contribution in [1.29, 1.82) is 0 Å². The van der Waals surface area contributed by atoms with Crippen LogP contribution in [0, 0.1) is 5.82 Å². The summed E-state index contributed by atoms with van der Waals surface area (Å²) >= 11 is 11.0. The molecule has 1 rings (SSSR count).